The first kappa shape index (κ1) is 19.5. The quantitative estimate of drug-likeness (QED) is 0.649. The molecule has 2 heterocycles. The molecule has 0 aliphatic heterocycles. The van der Waals surface area contributed by atoms with Crippen LogP contribution in [0, 0.1) is 5.92 Å². The van der Waals surface area contributed by atoms with Crippen molar-refractivity contribution in [1.29, 1.82) is 0 Å². The molecule has 25 heavy (non-hydrogen) atoms. The summed E-state index contributed by atoms with van der Waals surface area (Å²) in [6.07, 6.45) is 4.27. The average molecular weight is 381 g/mol. The van der Waals surface area contributed by atoms with Crippen LogP contribution in [0.2, 0.25) is 0 Å². The second kappa shape index (κ2) is 9.62. The molecule has 0 aromatic carbocycles. The van der Waals surface area contributed by atoms with Gasteiger partial charge in [0.1, 0.15) is 11.0 Å². The van der Waals surface area contributed by atoms with Crippen molar-refractivity contribution in [1.82, 2.24) is 15.5 Å². The molecule has 2 aromatic heterocycles. The van der Waals surface area contributed by atoms with Crippen LogP contribution < -0.4 is 10.6 Å². The van der Waals surface area contributed by atoms with E-state index in [9.17, 15) is 9.59 Å². The van der Waals surface area contributed by atoms with Gasteiger partial charge in [-0.3, -0.25) is 14.9 Å². The van der Waals surface area contributed by atoms with Gasteiger partial charge < -0.3 is 5.32 Å². The zero-order chi connectivity index (χ0) is 18.2. The van der Waals surface area contributed by atoms with Crippen molar-refractivity contribution in [3.63, 3.8) is 0 Å². The van der Waals surface area contributed by atoms with Gasteiger partial charge in [-0.1, -0.05) is 51.0 Å². The Morgan fingerprint density at radius 1 is 1.24 bits per heavy atom. The van der Waals surface area contributed by atoms with Crippen molar-refractivity contribution in [3.8, 4) is 0 Å². The summed E-state index contributed by atoms with van der Waals surface area (Å²) in [5.74, 6) is -0.543. The molecule has 2 amide bonds. The molecule has 136 valence electrons. The predicted molar refractivity (Wildman–Crippen MR) is 102 cm³/mol. The summed E-state index contributed by atoms with van der Waals surface area (Å²) in [4.78, 5) is 25.4. The second-order valence-electron chi connectivity index (χ2n) is 6.12. The van der Waals surface area contributed by atoms with Gasteiger partial charge in [-0.15, -0.1) is 21.5 Å². The molecule has 2 rings (SSSR count). The Kier molecular flexibility index (Phi) is 7.52. The third-order valence-corrected chi connectivity index (χ3v) is 5.44. The van der Waals surface area contributed by atoms with Gasteiger partial charge in [0.2, 0.25) is 11.0 Å². The van der Waals surface area contributed by atoms with Crippen LogP contribution >= 0.6 is 22.7 Å². The molecular weight excluding hydrogens is 356 g/mol. The van der Waals surface area contributed by atoms with E-state index in [0.29, 0.717) is 10.0 Å². The number of aromatic nitrogens is 2. The fourth-order valence-corrected chi connectivity index (χ4v) is 3.68. The highest BCUT2D eigenvalue weighted by Gasteiger charge is 2.26. The van der Waals surface area contributed by atoms with Crippen LogP contribution in [0.15, 0.2) is 17.5 Å². The molecule has 2 aromatic rings. The molecule has 0 aliphatic rings. The number of nitrogens with zero attached hydrogens (tertiary/aromatic N) is 2. The predicted octanol–water partition coefficient (Wildman–Crippen LogP) is 3.73. The van der Waals surface area contributed by atoms with E-state index in [1.807, 2.05) is 25.3 Å². The molecule has 0 radical (unpaired) electrons. The van der Waals surface area contributed by atoms with Crippen molar-refractivity contribution in [2.24, 2.45) is 5.92 Å². The molecule has 0 saturated heterocycles. The van der Waals surface area contributed by atoms with Crippen molar-refractivity contribution in [3.05, 3.63) is 27.4 Å². The largest absolute Gasteiger partial charge is 0.339 e. The normalized spacial score (nSPS) is 12.2. The van der Waals surface area contributed by atoms with E-state index in [1.54, 1.807) is 6.07 Å². The number of aryl methyl sites for hydroxylation is 1. The van der Waals surface area contributed by atoms with E-state index in [-0.39, 0.29) is 17.7 Å². The lowest BCUT2D eigenvalue weighted by molar-refractivity contribution is -0.118. The fourth-order valence-electron chi connectivity index (χ4n) is 2.27. The third-order valence-electron chi connectivity index (χ3n) is 3.67. The van der Waals surface area contributed by atoms with E-state index in [4.69, 9.17) is 0 Å². The van der Waals surface area contributed by atoms with E-state index >= 15 is 0 Å². The lowest BCUT2D eigenvalue weighted by Gasteiger charge is -2.20. The molecule has 1 unspecified atom stereocenters. The topological polar surface area (TPSA) is 84.0 Å². The Labute approximate surface area is 156 Å². The zero-order valence-corrected chi connectivity index (χ0v) is 16.4. The summed E-state index contributed by atoms with van der Waals surface area (Å²) in [7, 11) is 0. The summed E-state index contributed by atoms with van der Waals surface area (Å²) in [6.45, 7) is 5.95. The fraction of sp³-hybridized carbons (Fsp3) is 0.529. The van der Waals surface area contributed by atoms with E-state index in [1.165, 1.54) is 22.7 Å². The Hall–Kier alpha value is -1.80. The highest BCUT2D eigenvalue weighted by atomic mass is 32.1. The standard InChI is InChI=1S/C17H24N4O2S2/c1-4-5-6-9-13-20-21-17(25-13)19-16(23)14(11(2)3)18-15(22)12-8-7-10-24-12/h7-8,10-11,14H,4-6,9H2,1-3H3,(H,18,22)(H,19,21,23). The van der Waals surface area contributed by atoms with Crippen LogP contribution in [-0.4, -0.2) is 28.1 Å². The van der Waals surface area contributed by atoms with Crippen LogP contribution in [0.25, 0.3) is 0 Å². The SMILES string of the molecule is CCCCCc1nnc(NC(=O)C(NC(=O)c2cccs2)C(C)C)s1. The van der Waals surface area contributed by atoms with Gasteiger partial charge in [-0.2, -0.15) is 0 Å². The molecule has 0 fully saturated rings. The maximum Gasteiger partial charge on any atom is 0.262 e. The van der Waals surface area contributed by atoms with E-state index in [0.717, 1.165) is 30.7 Å². The first-order valence-electron chi connectivity index (χ1n) is 8.48. The minimum absolute atomic E-state index is 0.0409. The first-order valence-corrected chi connectivity index (χ1v) is 10.2. The molecule has 6 nitrogen and oxygen atoms in total. The summed E-state index contributed by atoms with van der Waals surface area (Å²) in [5.41, 5.74) is 0. The number of anilines is 1. The smallest absolute Gasteiger partial charge is 0.262 e. The molecule has 1 atom stereocenters. The molecule has 0 aliphatic carbocycles. The molecule has 0 saturated carbocycles. The van der Waals surface area contributed by atoms with Gasteiger partial charge in [-0.25, -0.2) is 0 Å². The summed E-state index contributed by atoms with van der Waals surface area (Å²) >= 11 is 2.74. The number of hydrogen-bond donors (Lipinski definition) is 2. The van der Waals surface area contributed by atoms with E-state index < -0.39 is 6.04 Å². The van der Waals surface area contributed by atoms with Crippen molar-refractivity contribution in [2.75, 3.05) is 5.32 Å². The number of carbonyl (C=O) groups is 2. The molecular formula is C17H24N4O2S2. The minimum Gasteiger partial charge on any atom is -0.339 e. The Morgan fingerprint density at radius 2 is 2.04 bits per heavy atom. The second-order valence-corrected chi connectivity index (χ2v) is 8.13. The van der Waals surface area contributed by atoms with Gasteiger partial charge in [0.15, 0.2) is 0 Å². The highest BCUT2D eigenvalue weighted by Crippen LogP contribution is 2.18. The number of nitrogens with one attached hydrogen (secondary N) is 2. The lowest BCUT2D eigenvalue weighted by Crippen LogP contribution is -2.46. The number of unbranched alkanes of at least 4 members (excludes halogenated alkanes) is 2. The molecule has 2 N–H and O–H groups in total. The summed E-state index contributed by atoms with van der Waals surface area (Å²) in [5, 5.41) is 17.0. The maximum absolute atomic E-state index is 12.5. The van der Waals surface area contributed by atoms with Crippen molar-refractivity contribution in [2.45, 2.75) is 52.5 Å². The average Bonchev–Trinajstić information content (AvgIpc) is 3.24. The molecule has 8 heteroatoms. The van der Waals surface area contributed by atoms with Crippen LogP contribution in [0.5, 0.6) is 0 Å². The number of thiophene rings is 1. The van der Waals surface area contributed by atoms with Gasteiger partial charge in [0, 0.05) is 6.42 Å². The van der Waals surface area contributed by atoms with Gasteiger partial charge in [0.25, 0.3) is 5.91 Å². The number of amides is 2. The number of rotatable bonds is 9. The maximum atomic E-state index is 12.5. The van der Waals surface area contributed by atoms with Gasteiger partial charge in [-0.05, 0) is 23.8 Å². The monoisotopic (exact) mass is 380 g/mol. The Morgan fingerprint density at radius 3 is 2.68 bits per heavy atom. The van der Waals surface area contributed by atoms with Crippen LogP contribution in [0.4, 0.5) is 5.13 Å². The van der Waals surface area contributed by atoms with Gasteiger partial charge >= 0.3 is 0 Å². The zero-order valence-electron chi connectivity index (χ0n) is 14.7. The Bertz CT molecular complexity index is 683. The van der Waals surface area contributed by atoms with Gasteiger partial charge in [0.05, 0.1) is 4.88 Å². The van der Waals surface area contributed by atoms with Crippen molar-refractivity contribution < 1.29 is 9.59 Å². The number of hydrogen-bond acceptors (Lipinski definition) is 6. The van der Waals surface area contributed by atoms with Crippen molar-refractivity contribution >= 4 is 39.6 Å². The third kappa shape index (κ3) is 5.89. The Balaban J connectivity index is 1.95. The lowest BCUT2D eigenvalue weighted by atomic mass is 10.0. The van der Waals surface area contributed by atoms with Crippen LogP contribution in [0.1, 0.15) is 54.7 Å². The number of carbonyl (C=O) groups excluding carboxylic acids is 2. The summed E-state index contributed by atoms with van der Waals surface area (Å²) < 4.78 is 0. The van der Waals surface area contributed by atoms with Crippen LogP contribution in [0.3, 0.4) is 0 Å². The molecule has 0 bridgehead atoms. The first-order chi connectivity index (χ1) is 12.0. The molecule has 0 spiro atoms. The minimum atomic E-state index is -0.623. The van der Waals surface area contributed by atoms with Crippen LogP contribution in [-0.2, 0) is 11.2 Å². The highest BCUT2D eigenvalue weighted by molar-refractivity contribution is 7.15. The van der Waals surface area contributed by atoms with E-state index in [2.05, 4.69) is 27.8 Å². The summed E-state index contributed by atoms with van der Waals surface area (Å²) in [6, 6.07) is 2.93.